The first-order valence-corrected chi connectivity index (χ1v) is 15.8. The molecule has 3 heterocycles. The van der Waals surface area contributed by atoms with Crippen LogP contribution in [0.4, 0.5) is 4.39 Å². The number of phenols is 1. The number of fused-ring (bicyclic) bond motifs is 5. The van der Waals surface area contributed by atoms with Crippen LogP contribution in [-0.2, 0) is 36.1 Å². The van der Waals surface area contributed by atoms with Crippen molar-refractivity contribution in [2.45, 2.75) is 51.7 Å². The number of rotatable bonds is 6. The first-order valence-electron chi connectivity index (χ1n) is 15.8. The van der Waals surface area contributed by atoms with Crippen molar-refractivity contribution < 1.29 is 28.6 Å². The van der Waals surface area contributed by atoms with Gasteiger partial charge in [0.1, 0.15) is 5.69 Å². The molecule has 14 heteroatoms. The number of Topliss-reactive ketones (excluding diaryl/α,β-unsaturated/α-hetero) is 1. The molecule has 1 N–H and O–H groups in total. The number of hydrogen-bond donors (Lipinski definition) is 1. The van der Waals surface area contributed by atoms with Crippen molar-refractivity contribution in [3.8, 4) is 17.2 Å². The second-order valence-electron chi connectivity index (χ2n) is 13.0. The van der Waals surface area contributed by atoms with Crippen molar-refractivity contribution in [3.63, 3.8) is 0 Å². The van der Waals surface area contributed by atoms with Gasteiger partial charge in [0.25, 0.3) is 5.56 Å². The number of aryl methyl sites for hydroxylation is 2. The smallest absolute Gasteiger partial charge is 0.347 e. The second-order valence-corrected chi connectivity index (χ2v) is 13.0. The lowest BCUT2D eigenvalue weighted by atomic mass is 9.51. The minimum absolute atomic E-state index is 0.0146. The minimum Gasteiger partial charge on any atom is -0.505 e. The number of allylic oxidation sites excluding steroid dienone is 4. The van der Waals surface area contributed by atoms with Gasteiger partial charge in [-0.2, -0.15) is 0 Å². The SMILES string of the molecule is COc1cc2nc(CCn3c(=O)n4n(c3=O)[C@@H]3C[C@H]5C(=O)C=C(C)C(=O)[C@@]5(C)[C@@H](c5ccc(O)c(F)c5)C3=CC4)c(=O)n(C)c2cc1OC. The van der Waals surface area contributed by atoms with Crippen LogP contribution in [0.1, 0.15) is 43.5 Å². The number of aromatic nitrogens is 5. The van der Waals surface area contributed by atoms with Crippen molar-refractivity contribution in [1.29, 1.82) is 0 Å². The molecule has 0 spiro atoms. The molecule has 0 unspecified atom stereocenters. The van der Waals surface area contributed by atoms with Crippen LogP contribution >= 0.6 is 0 Å². The Balaban J connectivity index is 1.30. The fourth-order valence-corrected chi connectivity index (χ4v) is 8.07. The zero-order valence-corrected chi connectivity index (χ0v) is 27.5. The van der Waals surface area contributed by atoms with Crippen LogP contribution in [0.15, 0.2) is 68.0 Å². The van der Waals surface area contributed by atoms with Gasteiger partial charge in [-0.15, -0.1) is 0 Å². The van der Waals surface area contributed by atoms with E-state index < -0.39 is 51.8 Å². The molecule has 49 heavy (non-hydrogen) atoms. The lowest BCUT2D eigenvalue weighted by Crippen LogP contribution is -2.54. The summed E-state index contributed by atoms with van der Waals surface area (Å²) in [5.74, 6) is -2.84. The lowest BCUT2D eigenvalue weighted by Gasteiger charge is -2.52. The van der Waals surface area contributed by atoms with Gasteiger partial charge in [-0.25, -0.2) is 32.9 Å². The Morgan fingerprint density at radius 3 is 2.45 bits per heavy atom. The predicted molar refractivity (Wildman–Crippen MR) is 175 cm³/mol. The fourth-order valence-electron chi connectivity index (χ4n) is 8.07. The maximum atomic E-state index is 14.8. The molecule has 0 saturated heterocycles. The normalized spacial score (nSPS) is 23.0. The summed E-state index contributed by atoms with van der Waals surface area (Å²) in [6.07, 6.45) is 3.11. The third kappa shape index (κ3) is 4.56. The summed E-state index contributed by atoms with van der Waals surface area (Å²) < 4.78 is 30.6. The van der Waals surface area contributed by atoms with E-state index in [0.717, 1.165) is 10.6 Å². The maximum Gasteiger partial charge on any atom is 0.347 e. The molecule has 1 saturated carbocycles. The number of methoxy groups -OCH3 is 2. The highest BCUT2D eigenvalue weighted by Crippen LogP contribution is 2.59. The molecular weight excluding hydrogens is 637 g/mol. The van der Waals surface area contributed by atoms with E-state index >= 15 is 0 Å². The summed E-state index contributed by atoms with van der Waals surface area (Å²) >= 11 is 0. The lowest BCUT2D eigenvalue weighted by molar-refractivity contribution is -0.139. The largest absolute Gasteiger partial charge is 0.505 e. The summed E-state index contributed by atoms with van der Waals surface area (Å²) in [7, 11) is 4.56. The average molecular weight is 672 g/mol. The van der Waals surface area contributed by atoms with Crippen LogP contribution in [0.25, 0.3) is 11.0 Å². The van der Waals surface area contributed by atoms with E-state index in [4.69, 9.17) is 9.47 Å². The van der Waals surface area contributed by atoms with E-state index in [1.165, 1.54) is 46.4 Å². The number of ketones is 2. The number of carbonyl (C=O) groups is 2. The molecule has 0 amide bonds. The third-order valence-corrected chi connectivity index (χ3v) is 10.5. The van der Waals surface area contributed by atoms with Gasteiger partial charge in [-0.1, -0.05) is 19.1 Å². The van der Waals surface area contributed by atoms with E-state index in [1.54, 1.807) is 39.1 Å². The van der Waals surface area contributed by atoms with Crippen molar-refractivity contribution in [2.24, 2.45) is 18.4 Å². The molecule has 0 radical (unpaired) electrons. The number of hydrogen-bond acceptors (Lipinski definition) is 9. The molecule has 1 fully saturated rings. The quantitative estimate of drug-likeness (QED) is 0.305. The average Bonchev–Trinajstić information content (AvgIpc) is 3.33. The summed E-state index contributed by atoms with van der Waals surface area (Å²) in [4.78, 5) is 73.1. The highest BCUT2D eigenvalue weighted by Gasteiger charge is 2.59. The molecule has 13 nitrogen and oxygen atoms in total. The number of phenolic OH excluding ortho intramolecular Hbond substituents is 1. The van der Waals surface area contributed by atoms with Crippen molar-refractivity contribution >= 4 is 22.6 Å². The van der Waals surface area contributed by atoms with Gasteiger partial charge in [0.05, 0.1) is 43.3 Å². The Morgan fingerprint density at radius 2 is 1.76 bits per heavy atom. The van der Waals surface area contributed by atoms with Gasteiger partial charge in [-0.05, 0) is 48.3 Å². The monoisotopic (exact) mass is 671 g/mol. The van der Waals surface area contributed by atoms with Crippen molar-refractivity contribution in [1.82, 2.24) is 23.5 Å². The van der Waals surface area contributed by atoms with Gasteiger partial charge in [0.2, 0.25) is 0 Å². The zero-order chi connectivity index (χ0) is 35.1. The standard InChI is InChI=1S/C35H34FN5O8/c1-17-12-27(43)20-14-24-19(30(35(20,2)31(17)44)18-6-7-26(42)21(36)13-18)8-11-40-33(46)39(34(47)41(24)40)10-9-22-32(45)38(3)25-16-29(49-5)28(48-4)15-23(25)37-22/h6-8,12-13,15-16,20,24,30,42H,9-11,14H2,1-5H3/t20-,24+,30-,35+/m0/s1. The minimum atomic E-state index is -1.30. The molecule has 4 atom stereocenters. The van der Waals surface area contributed by atoms with Gasteiger partial charge in [0, 0.05) is 44.0 Å². The number of halogens is 1. The van der Waals surface area contributed by atoms with Gasteiger partial charge < -0.3 is 19.1 Å². The topological polar surface area (TPSA) is 157 Å². The second kappa shape index (κ2) is 11.3. The molecule has 1 aliphatic heterocycles. The summed E-state index contributed by atoms with van der Waals surface area (Å²) in [6, 6.07) is 6.35. The van der Waals surface area contributed by atoms with Crippen LogP contribution in [0, 0.1) is 17.2 Å². The van der Waals surface area contributed by atoms with E-state index in [0.29, 0.717) is 33.7 Å². The van der Waals surface area contributed by atoms with E-state index in [9.17, 15) is 33.5 Å². The number of ether oxygens (including phenoxy) is 2. The summed E-state index contributed by atoms with van der Waals surface area (Å²) in [6.45, 7) is 3.10. The molecule has 2 aliphatic carbocycles. The first kappa shape index (κ1) is 32.0. The molecule has 3 aliphatic rings. The molecule has 0 bridgehead atoms. The Labute approximate surface area is 278 Å². The molecule has 2 aromatic carbocycles. The molecule has 2 aromatic heterocycles. The van der Waals surface area contributed by atoms with Crippen molar-refractivity contribution in [2.75, 3.05) is 14.2 Å². The molecule has 4 aromatic rings. The van der Waals surface area contributed by atoms with Crippen LogP contribution < -0.4 is 26.4 Å². The van der Waals surface area contributed by atoms with Crippen LogP contribution in [-0.4, -0.2) is 54.4 Å². The van der Waals surface area contributed by atoms with E-state index in [-0.39, 0.29) is 48.8 Å². The fraction of sp³-hybridized carbons (Fsp3) is 0.371. The number of aromatic hydroxyl groups is 1. The number of benzene rings is 2. The third-order valence-electron chi connectivity index (χ3n) is 10.5. The molecule has 254 valence electrons. The van der Waals surface area contributed by atoms with Crippen molar-refractivity contribution in [3.05, 3.63) is 102 Å². The van der Waals surface area contributed by atoms with Crippen LogP contribution in [0.3, 0.4) is 0 Å². The molecule has 7 rings (SSSR count). The van der Waals surface area contributed by atoms with Crippen LogP contribution in [0.2, 0.25) is 0 Å². The highest BCUT2D eigenvalue weighted by atomic mass is 19.1. The van der Waals surface area contributed by atoms with E-state index in [2.05, 4.69) is 4.98 Å². The maximum absolute atomic E-state index is 14.8. The number of carbonyl (C=O) groups excluding carboxylic acids is 2. The van der Waals surface area contributed by atoms with Gasteiger partial charge >= 0.3 is 11.4 Å². The van der Waals surface area contributed by atoms with Gasteiger partial charge in [0.15, 0.2) is 34.6 Å². The predicted octanol–water partition coefficient (Wildman–Crippen LogP) is 2.55. The number of nitrogens with zero attached hydrogens (tertiary/aromatic N) is 5. The summed E-state index contributed by atoms with van der Waals surface area (Å²) in [5.41, 5.74) is -0.593. The Morgan fingerprint density at radius 1 is 1.04 bits per heavy atom. The Kier molecular flexibility index (Phi) is 7.37. The zero-order valence-electron chi connectivity index (χ0n) is 27.5. The Bertz CT molecular complexity index is 2360. The van der Waals surface area contributed by atoms with Gasteiger partial charge in [-0.3, -0.25) is 14.4 Å². The van der Waals surface area contributed by atoms with Crippen LogP contribution in [0.5, 0.6) is 17.2 Å². The van der Waals surface area contributed by atoms with E-state index in [1.807, 2.05) is 0 Å². The summed E-state index contributed by atoms with van der Waals surface area (Å²) in [5, 5.41) is 9.93. The highest BCUT2D eigenvalue weighted by molar-refractivity contribution is 6.13. The molecular formula is C35H34FN5O8. The first-order chi connectivity index (χ1) is 23.3. The Hall–Kier alpha value is -5.53.